The van der Waals surface area contributed by atoms with Crippen molar-refractivity contribution < 1.29 is 27.1 Å². The van der Waals surface area contributed by atoms with Crippen molar-refractivity contribution in [3.8, 4) is 5.75 Å². The first-order valence-electron chi connectivity index (χ1n) is 9.58. The molecule has 0 aliphatic carbocycles. The van der Waals surface area contributed by atoms with Crippen LogP contribution in [-0.2, 0) is 17.4 Å². The molecule has 33 heavy (non-hydrogen) atoms. The number of aromatic nitrogens is 1. The Kier molecular flexibility index (Phi) is 6.44. The SMILES string of the molecule is COc1ccc2oc(C=CC(=O)Nc3ncc(Cc4cc(C(F)(F)F)ccc4Cl)s3)cc2c1. The maximum Gasteiger partial charge on any atom is 0.416 e. The lowest BCUT2D eigenvalue weighted by Gasteiger charge is -2.09. The first-order valence-corrected chi connectivity index (χ1v) is 10.8. The monoisotopic (exact) mass is 492 g/mol. The number of halogens is 4. The van der Waals surface area contributed by atoms with Gasteiger partial charge in [0.05, 0.1) is 12.7 Å². The Hall–Kier alpha value is -3.30. The molecule has 0 radical (unpaired) electrons. The van der Waals surface area contributed by atoms with Crippen LogP contribution in [0.25, 0.3) is 17.0 Å². The number of benzene rings is 2. The van der Waals surface area contributed by atoms with Crippen molar-refractivity contribution in [1.82, 2.24) is 4.98 Å². The summed E-state index contributed by atoms with van der Waals surface area (Å²) in [6.07, 6.45) is 0.0324. The van der Waals surface area contributed by atoms with E-state index in [0.717, 1.165) is 28.9 Å². The molecule has 1 N–H and O–H groups in total. The molecule has 2 aromatic heterocycles. The minimum atomic E-state index is -4.45. The summed E-state index contributed by atoms with van der Waals surface area (Å²) in [7, 11) is 1.57. The summed E-state index contributed by atoms with van der Waals surface area (Å²) < 4.78 is 49.7. The number of thiazole rings is 1. The third-order valence-corrected chi connectivity index (χ3v) is 5.94. The van der Waals surface area contributed by atoms with Crippen molar-refractivity contribution in [2.45, 2.75) is 12.6 Å². The number of furan rings is 1. The van der Waals surface area contributed by atoms with E-state index in [2.05, 4.69) is 10.3 Å². The highest BCUT2D eigenvalue weighted by Crippen LogP contribution is 2.33. The quantitative estimate of drug-likeness (QED) is 0.300. The van der Waals surface area contributed by atoms with Gasteiger partial charge in [-0.2, -0.15) is 13.2 Å². The zero-order chi connectivity index (χ0) is 23.6. The van der Waals surface area contributed by atoms with E-state index < -0.39 is 17.6 Å². The summed E-state index contributed by atoms with van der Waals surface area (Å²) in [5.74, 6) is 0.765. The van der Waals surface area contributed by atoms with Crippen LogP contribution in [0.5, 0.6) is 5.75 Å². The first-order chi connectivity index (χ1) is 15.7. The standard InChI is InChI=1S/C23H16ClF3N2O3S/c1-31-16-3-6-20-14(9-16)10-17(32-20)4-7-21(30)29-22-28-12-18(33-22)11-13-8-15(23(25,26)27)2-5-19(13)24/h2-10,12H,11H2,1H3,(H,28,29,30). The molecule has 4 rings (SSSR count). The Labute approximate surface area is 195 Å². The third kappa shape index (κ3) is 5.55. The Morgan fingerprint density at radius 2 is 2.06 bits per heavy atom. The van der Waals surface area contributed by atoms with Crippen molar-refractivity contribution >= 4 is 51.0 Å². The predicted molar refractivity (Wildman–Crippen MR) is 122 cm³/mol. The summed E-state index contributed by atoms with van der Waals surface area (Å²) in [6, 6.07) is 10.3. The zero-order valence-corrected chi connectivity index (χ0v) is 18.6. The van der Waals surface area contributed by atoms with E-state index >= 15 is 0 Å². The van der Waals surface area contributed by atoms with E-state index in [4.69, 9.17) is 20.8 Å². The molecule has 1 amide bonds. The number of carbonyl (C=O) groups excluding carboxylic acids is 1. The largest absolute Gasteiger partial charge is 0.497 e. The summed E-state index contributed by atoms with van der Waals surface area (Å²) in [5, 5.41) is 4.01. The predicted octanol–water partition coefficient (Wildman–Crippen LogP) is 6.81. The van der Waals surface area contributed by atoms with Crippen LogP contribution in [0.4, 0.5) is 18.3 Å². The second kappa shape index (κ2) is 9.29. The van der Waals surface area contributed by atoms with Crippen LogP contribution in [0.2, 0.25) is 5.02 Å². The van der Waals surface area contributed by atoms with Gasteiger partial charge in [-0.25, -0.2) is 4.98 Å². The van der Waals surface area contributed by atoms with Crippen LogP contribution in [0, 0.1) is 0 Å². The highest BCUT2D eigenvalue weighted by molar-refractivity contribution is 7.15. The Morgan fingerprint density at radius 1 is 1.24 bits per heavy atom. The number of nitrogens with zero attached hydrogens (tertiary/aromatic N) is 1. The topological polar surface area (TPSA) is 64.4 Å². The highest BCUT2D eigenvalue weighted by Gasteiger charge is 2.30. The van der Waals surface area contributed by atoms with Gasteiger partial charge >= 0.3 is 6.18 Å². The lowest BCUT2D eigenvalue weighted by molar-refractivity contribution is -0.137. The van der Waals surface area contributed by atoms with Gasteiger partial charge in [0, 0.05) is 34.0 Å². The molecule has 5 nitrogen and oxygen atoms in total. The van der Waals surface area contributed by atoms with Gasteiger partial charge in [-0.05, 0) is 54.1 Å². The Balaban J connectivity index is 1.41. The van der Waals surface area contributed by atoms with E-state index in [-0.39, 0.29) is 11.4 Å². The van der Waals surface area contributed by atoms with Gasteiger partial charge in [0.1, 0.15) is 17.1 Å². The van der Waals surface area contributed by atoms with Gasteiger partial charge in [-0.3, -0.25) is 10.1 Å². The summed E-state index contributed by atoms with van der Waals surface area (Å²) >= 11 is 7.21. The van der Waals surface area contributed by atoms with Crippen LogP contribution in [0.15, 0.2) is 59.2 Å². The number of alkyl halides is 3. The summed E-state index contributed by atoms with van der Waals surface area (Å²) in [5.41, 5.74) is 0.220. The van der Waals surface area contributed by atoms with E-state index in [1.807, 2.05) is 6.07 Å². The van der Waals surface area contributed by atoms with E-state index in [1.54, 1.807) is 25.3 Å². The van der Waals surface area contributed by atoms with E-state index in [0.29, 0.717) is 32.7 Å². The number of ether oxygens (including phenoxy) is 1. The molecule has 2 heterocycles. The minimum Gasteiger partial charge on any atom is -0.497 e. The molecule has 0 unspecified atom stereocenters. The highest BCUT2D eigenvalue weighted by atomic mass is 35.5. The number of fused-ring (bicyclic) bond motifs is 1. The molecule has 4 aromatic rings. The van der Waals surface area contributed by atoms with Gasteiger partial charge < -0.3 is 9.15 Å². The van der Waals surface area contributed by atoms with Gasteiger partial charge in [-0.15, -0.1) is 11.3 Å². The fraction of sp³-hybridized carbons (Fsp3) is 0.130. The van der Waals surface area contributed by atoms with Crippen LogP contribution < -0.4 is 10.1 Å². The summed E-state index contributed by atoms with van der Waals surface area (Å²) in [4.78, 5) is 17.0. The molecule has 0 aliphatic heterocycles. The average molecular weight is 493 g/mol. The fourth-order valence-electron chi connectivity index (χ4n) is 3.08. The molecule has 0 saturated carbocycles. The molecule has 170 valence electrons. The first kappa shape index (κ1) is 22.9. The van der Waals surface area contributed by atoms with Crippen molar-refractivity contribution in [1.29, 1.82) is 0 Å². The number of rotatable bonds is 6. The molecule has 0 bridgehead atoms. The van der Waals surface area contributed by atoms with Crippen LogP contribution in [0.3, 0.4) is 0 Å². The number of methoxy groups -OCH3 is 1. The van der Waals surface area contributed by atoms with Gasteiger partial charge in [-0.1, -0.05) is 11.6 Å². The molecule has 0 fully saturated rings. The molecule has 10 heteroatoms. The minimum absolute atomic E-state index is 0.161. The molecule has 0 atom stereocenters. The van der Waals surface area contributed by atoms with E-state index in [1.165, 1.54) is 24.4 Å². The summed E-state index contributed by atoms with van der Waals surface area (Å²) in [6.45, 7) is 0. The molecule has 0 saturated heterocycles. The molecule has 0 aliphatic rings. The number of amides is 1. The normalized spacial score (nSPS) is 11.9. The Morgan fingerprint density at radius 3 is 2.82 bits per heavy atom. The van der Waals surface area contributed by atoms with Crippen LogP contribution >= 0.6 is 22.9 Å². The second-order valence-electron chi connectivity index (χ2n) is 6.99. The van der Waals surface area contributed by atoms with Gasteiger partial charge in [0.15, 0.2) is 5.13 Å². The maximum absolute atomic E-state index is 13.0. The lowest BCUT2D eigenvalue weighted by atomic mass is 10.1. The molecular formula is C23H16ClF3N2O3S. The van der Waals surface area contributed by atoms with Crippen molar-refractivity contribution in [2.24, 2.45) is 0 Å². The van der Waals surface area contributed by atoms with E-state index in [9.17, 15) is 18.0 Å². The number of hydrogen-bond acceptors (Lipinski definition) is 5. The zero-order valence-electron chi connectivity index (χ0n) is 17.1. The number of hydrogen-bond donors (Lipinski definition) is 1. The van der Waals surface area contributed by atoms with Gasteiger partial charge in [0.2, 0.25) is 5.91 Å². The smallest absolute Gasteiger partial charge is 0.416 e. The van der Waals surface area contributed by atoms with Crippen LogP contribution in [-0.4, -0.2) is 18.0 Å². The third-order valence-electron chi connectivity index (χ3n) is 4.66. The average Bonchev–Trinajstić information content (AvgIpc) is 3.38. The number of nitrogens with one attached hydrogen (secondary N) is 1. The maximum atomic E-state index is 13.0. The number of carbonyl (C=O) groups is 1. The van der Waals surface area contributed by atoms with Crippen LogP contribution in [0.1, 0.15) is 21.8 Å². The molecule has 0 spiro atoms. The molecular weight excluding hydrogens is 477 g/mol. The van der Waals surface area contributed by atoms with Gasteiger partial charge in [0.25, 0.3) is 0 Å². The Bertz CT molecular complexity index is 1340. The van der Waals surface area contributed by atoms with Crippen molar-refractivity contribution in [2.75, 3.05) is 12.4 Å². The fourth-order valence-corrected chi connectivity index (χ4v) is 4.10. The second-order valence-corrected chi connectivity index (χ2v) is 8.51. The lowest BCUT2D eigenvalue weighted by Crippen LogP contribution is -2.07. The number of anilines is 1. The van der Waals surface area contributed by atoms with Crippen molar-refractivity contribution in [3.63, 3.8) is 0 Å². The van der Waals surface area contributed by atoms with Crippen molar-refractivity contribution in [3.05, 3.63) is 81.5 Å². The molecule has 2 aromatic carbocycles.